The Morgan fingerprint density at radius 1 is 1.05 bits per heavy atom. The van der Waals surface area contributed by atoms with Gasteiger partial charge in [0.15, 0.2) is 0 Å². The maximum atomic E-state index is 14.1. The van der Waals surface area contributed by atoms with E-state index < -0.39 is 35.6 Å². The molecule has 3 amide bonds. The van der Waals surface area contributed by atoms with Crippen LogP contribution < -0.4 is 10.6 Å². The van der Waals surface area contributed by atoms with E-state index in [-0.39, 0.29) is 30.3 Å². The van der Waals surface area contributed by atoms with Crippen LogP contribution in [0, 0.1) is 0 Å². The van der Waals surface area contributed by atoms with Crippen LogP contribution in [0.25, 0.3) is 0 Å². The molecule has 38 heavy (non-hydrogen) atoms. The van der Waals surface area contributed by atoms with Crippen LogP contribution in [-0.4, -0.2) is 52.1 Å². The van der Waals surface area contributed by atoms with Crippen molar-refractivity contribution in [1.29, 1.82) is 0 Å². The molecule has 0 saturated carbocycles. The lowest BCUT2D eigenvalue weighted by atomic mass is 9.99. The first-order valence-corrected chi connectivity index (χ1v) is 13.0. The van der Waals surface area contributed by atoms with Crippen molar-refractivity contribution in [3.05, 3.63) is 78.4 Å². The third-order valence-corrected chi connectivity index (χ3v) is 5.78. The van der Waals surface area contributed by atoms with Gasteiger partial charge in [0.1, 0.15) is 23.4 Å². The smallest absolute Gasteiger partial charge is 0.408 e. The number of phenols is 1. The van der Waals surface area contributed by atoms with Crippen molar-refractivity contribution >= 4 is 17.9 Å². The minimum absolute atomic E-state index is 0.00863. The second-order valence-corrected chi connectivity index (χ2v) is 10.3. The highest BCUT2D eigenvalue weighted by atomic mass is 16.6. The number of para-hydroxylation sites is 1. The van der Waals surface area contributed by atoms with Crippen LogP contribution in [0.15, 0.2) is 67.3 Å². The number of rotatable bonds is 12. The Balaban J connectivity index is 2.52. The molecule has 2 aromatic rings. The number of nitrogens with zero attached hydrogens (tertiary/aromatic N) is 1. The third-order valence-electron chi connectivity index (χ3n) is 5.78. The average molecular weight is 524 g/mol. The Labute approximate surface area is 226 Å². The molecule has 8 nitrogen and oxygen atoms in total. The molecule has 3 unspecified atom stereocenters. The molecule has 3 atom stereocenters. The number of alkyl carbamates (subject to hydrolysis) is 1. The normalized spacial score (nSPS) is 13.5. The second-order valence-electron chi connectivity index (χ2n) is 10.3. The Kier molecular flexibility index (Phi) is 11.4. The number of hydrogen-bond donors (Lipinski definition) is 3. The molecule has 0 saturated heterocycles. The summed E-state index contributed by atoms with van der Waals surface area (Å²) in [5.74, 6) is -1.05. The average Bonchev–Trinajstić information content (AvgIpc) is 2.83. The zero-order chi connectivity index (χ0) is 28.3. The lowest BCUT2D eigenvalue weighted by Gasteiger charge is -2.34. The predicted octanol–water partition coefficient (Wildman–Crippen LogP) is 4.89. The van der Waals surface area contributed by atoms with Gasteiger partial charge in [0, 0.05) is 24.6 Å². The first kappa shape index (κ1) is 30.4. The number of aromatic hydroxyl groups is 1. The molecule has 0 spiro atoms. The fourth-order valence-electron chi connectivity index (χ4n) is 4.16. The van der Waals surface area contributed by atoms with Gasteiger partial charge in [-0.1, -0.05) is 68.0 Å². The molecule has 206 valence electrons. The summed E-state index contributed by atoms with van der Waals surface area (Å²) in [7, 11) is 0. The number of benzene rings is 2. The molecule has 0 aromatic heterocycles. The van der Waals surface area contributed by atoms with E-state index in [1.54, 1.807) is 39.0 Å². The van der Waals surface area contributed by atoms with Crippen molar-refractivity contribution in [2.45, 2.75) is 77.6 Å². The maximum Gasteiger partial charge on any atom is 0.408 e. The number of phenolic OH excluding ortho intramolecular Hbond substituents is 1. The SMILES string of the molecule is C=CCN(C(=O)C(Cc1ccccc1)NC(=O)OC(C)(C)C)C(C(=O)NC(C)CCC)c1ccccc1O. The fourth-order valence-corrected chi connectivity index (χ4v) is 4.16. The molecule has 0 aliphatic heterocycles. The van der Waals surface area contributed by atoms with Crippen LogP contribution in [-0.2, 0) is 20.7 Å². The van der Waals surface area contributed by atoms with Gasteiger partial charge in [-0.15, -0.1) is 6.58 Å². The van der Waals surface area contributed by atoms with Crippen molar-refractivity contribution < 1.29 is 24.2 Å². The zero-order valence-electron chi connectivity index (χ0n) is 23.1. The van der Waals surface area contributed by atoms with E-state index in [4.69, 9.17) is 4.74 Å². The van der Waals surface area contributed by atoms with Gasteiger partial charge in [0.05, 0.1) is 0 Å². The van der Waals surface area contributed by atoms with E-state index >= 15 is 0 Å². The van der Waals surface area contributed by atoms with E-state index in [1.165, 1.54) is 17.0 Å². The van der Waals surface area contributed by atoms with Crippen molar-refractivity contribution in [2.75, 3.05) is 6.54 Å². The number of amides is 3. The molecule has 0 aliphatic rings. The van der Waals surface area contributed by atoms with Gasteiger partial charge in [-0.3, -0.25) is 9.59 Å². The summed E-state index contributed by atoms with van der Waals surface area (Å²) in [5, 5.41) is 16.4. The Morgan fingerprint density at radius 2 is 1.68 bits per heavy atom. The van der Waals surface area contributed by atoms with Gasteiger partial charge in [0.2, 0.25) is 11.8 Å². The molecule has 3 N–H and O–H groups in total. The number of carbonyl (C=O) groups excluding carboxylic acids is 3. The summed E-state index contributed by atoms with van der Waals surface area (Å²) in [4.78, 5) is 41.8. The molecule has 2 rings (SSSR count). The molecule has 0 heterocycles. The summed E-state index contributed by atoms with van der Waals surface area (Å²) < 4.78 is 5.43. The first-order valence-electron chi connectivity index (χ1n) is 13.0. The van der Waals surface area contributed by atoms with Crippen LogP contribution in [0.3, 0.4) is 0 Å². The standard InChI is InChI=1S/C30H41N3O5/c1-7-14-21(3)31-27(35)26(23-17-12-13-18-25(23)34)33(19-8-2)28(36)24(20-22-15-10-9-11-16-22)32-29(37)38-30(4,5)6/h8-13,15-18,21,24,26,34H,2,7,14,19-20H2,1,3-6H3,(H,31,35)(H,32,37). The highest BCUT2D eigenvalue weighted by molar-refractivity contribution is 5.93. The van der Waals surface area contributed by atoms with Gasteiger partial charge in [-0.25, -0.2) is 4.79 Å². The van der Waals surface area contributed by atoms with E-state index in [0.29, 0.717) is 0 Å². The summed E-state index contributed by atoms with van der Waals surface area (Å²) in [5.41, 5.74) is 0.332. The minimum Gasteiger partial charge on any atom is -0.508 e. The predicted molar refractivity (Wildman–Crippen MR) is 149 cm³/mol. The van der Waals surface area contributed by atoms with E-state index in [0.717, 1.165) is 18.4 Å². The number of carbonyl (C=O) groups is 3. The Hall–Kier alpha value is -3.81. The van der Waals surface area contributed by atoms with Gasteiger partial charge in [0.25, 0.3) is 0 Å². The minimum atomic E-state index is -1.15. The van der Waals surface area contributed by atoms with E-state index in [2.05, 4.69) is 17.2 Å². The maximum absolute atomic E-state index is 14.1. The summed E-state index contributed by atoms with van der Waals surface area (Å²) >= 11 is 0. The van der Waals surface area contributed by atoms with Crippen LogP contribution in [0.4, 0.5) is 4.79 Å². The fraction of sp³-hybridized carbons (Fsp3) is 0.433. The molecule has 0 radical (unpaired) electrons. The lowest BCUT2D eigenvalue weighted by Crippen LogP contribution is -2.54. The number of hydrogen-bond acceptors (Lipinski definition) is 5. The van der Waals surface area contributed by atoms with E-state index in [9.17, 15) is 19.5 Å². The van der Waals surface area contributed by atoms with E-state index in [1.807, 2.05) is 44.2 Å². The number of nitrogens with one attached hydrogen (secondary N) is 2. The highest BCUT2D eigenvalue weighted by Crippen LogP contribution is 2.30. The van der Waals surface area contributed by atoms with Crippen molar-refractivity contribution in [2.24, 2.45) is 0 Å². The molecule has 2 aromatic carbocycles. The van der Waals surface area contributed by atoms with Crippen molar-refractivity contribution in [3.63, 3.8) is 0 Å². The Bertz CT molecular complexity index is 1080. The largest absolute Gasteiger partial charge is 0.508 e. The summed E-state index contributed by atoms with van der Waals surface area (Å²) in [6.45, 7) is 12.9. The van der Waals surface area contributed by atoms with Crippen molar-refractivity contribution in [3.8, 4) is 5.75 Å². The highest BCUT2D eigenvalue weighted by Gasteiger charge is 2.37. The molecule has 8 heteroatoms. The topological polar surface area (TPSA) is 108 Å². The van der Waals surface area contributed by atoms with Gasteiger partial charge in [-0.05, 0) is 45.7 Å². The van der Waals surface area contributed by atoms with Crippen molar-refractivity contribution in [1.82, 2.24) is 15.5 Å². The van der Waals surface area contributed by atoms with Crippen LogP contribution in [0.2, 0.25) is 0 Å². The molecular formula is C30H41N3O5. The first-order chi connectivity index (χ1) is 18.0. The third kappa shape index (κ3) is 9.25. The van der Waals surface area contributed by atoms with Crippen LogP contribution >= 0.6 is 0 Å². The Morgan fingerprint density at radius 3 is 2.26 bits per heavy atom. The van der Waals surface area contributed by atoms with Crippen LogP contribution in [0.5, 0.6) is 5.75 Å². The summed E-state index contributed by atoms with van der Waals surface area (Å²) in [6.07, 6.45) is 2.57. The number of ether oxygens (including phenoxy) is 1. The second kappa shape index (κ2) is 14.2. The van der Waals surface area contributed by atoms with Crippen LogP contribution in [0.1, 0.15) is 64.6 Å². The molecule has 0 aliphatic carbocycles. The van der Waals surface area contributed by atoms with Gasteiger partial charge < -0.3 is 25.4 Å². The molecular weight excluding hydrogens is 482 g/mol. The summed E-state index contributed by atoms with van der Waals surface area (Å²) in [6, 6.07) is 13.4. The monoisotopic (exact) mass is 523 g/mol. The quantitative estimate of drug-likeness (QED) is 0.344. The zero-order valence-corrected chi connectivity index (χ0v) is 23.1. The van der Waals surface area contributed by atoms with Gasteiger partial charge in [-0.2, -0.15) is 0 Å². The molecule has 0 fully saturated rings. The lowest BCUT2D eigenvalue weighted by molar-refractivity contribution is -0.142. The molecule has 0 bridgehead atoms. The van der Waals surface area contributed by atoms with Gasteiger partial charge >= 0.3 is 6.09 Å².